The fraction of sp³-hybridized carbons (Fsp3) is 0.667. The highest BCUT2D eigenvalue weighted by atomic mass is 79.9. The second kappa shape index (κ2) is 6.89. The van der Waals surface area contributed by atoms with E-state index in [1.54, 1.807) is 6.20 Å². The van der Waals surface area contributed by atoms with Crippen molar-refractivity contribution in [1.29, 1.82) is 0 Å². The van der Waals surface area contributed by atoms with Crippen LogP contribution in [0.3, 0.4) is 0 Å². The van der Waals surface area contributed by atoms with Crippen molar-refractivity contribution in [1.82, 2.24) is 9.78 Å². The van der Waals surface area contributed by atoms with Crippen molar-refractivity contribution in [3.63, 3.8) is 0 Å². The van der Waals surface area contributed by atoms with E-state index in [1.165, 1.54) is 4.68 Å². The number of rotatable bonds is 6. The normalized spacial score (nSPS) is 12.8. The van der Waals surface area contributed by atoms with Crippen molar-refractivity contribution in [2.75, 3.05) is 11.9 Å². The predicted molar refractivity (Wildman–Crippen MR) is 77.8 cm³/mol. The first-order valence-corrected chi connectivity index (χ1v) is 7.01. The van der Waals surface area contributed by atoms with Crippen LogP contribution < -0.4 is 16.6 Å². The predicted octanol–water partition coefficient (Wildman–Crippen LogP) is 1.81. The Bertz CT molecular complexity index is 444. The maximum atomic E-state index is 11.9. The van der Waals surface area contributed by atoms with Gasteiger partial charge in [0.05, 0.1) is 11.9 Å². The third kappa shape index (κ3) is 3.81. The second-order valence-electron chi connectivity index (χ2n) is 4.70. The van der Waals surface area contributed by atoms with E-state index in [9.17, 15) is 4.79 Å². The average Bonchev–Trinajstić information content (AvgIpc) is 2.33. The molecule has 18 heavy (non-hydrogen) atoms. The van der Waals surface area contributed by atoms with Gasteiger partial charge in [-0.05, 0) is 35.2 Å². The molecule has 0 radical (unpaired) electrons. The molecule has 1 unspecified atom stereocenters. The molecule has 0 bridgehead atoms. The maximum Gasteiger partial charge on any atom is 0.283 e. The van der Waals surface area contributed by atoms with Gasteiger partial charge >= 0.3 is 0 Å². The quantitative estimate of drug-likeness (QED) is 0.839. The van der Waals surface area contributed by atoms with Crippen LogP contribution in [0.15, 0.2) is 15.5 Å². The van der Waals surface area contributed by atoms with Gasteiger partial charge in [0.1, 0.15) is 4.47 Å². The summed E-state index contributed by atoms with van der Waals surface area (Å²) in [6, 6.07) is 0.153. The Morgan fingerprint density at radius 2 is 2.22 bits per heavy atom. The van der Waals surface area contributed by atoms with Crippen LogP contribution in [0, 0.1) is 5.92 Å². The SMILES string of the molecule is CCn1ncc(NC(CN)CC(C)C)c(Br)c1=O. The van der Waals surface area contributed by atoms with Crippen molar-refractivity contribution >= 4 is 21.6 Å². The molecule has 0 fully saturated rings. The van der Waals surface area contributed by atoms with E-state index in [0.29, 0.717) is 29.2 Å². The zero-order valence-electron chi connectivity index (χ0n) is 11.1. The van der Waals surface area contributed by atoms with Crippen LogP contribution in [0.5, 0.6) is 0 Å². The summed E-state index contributed by atoms with van der Waals surface area (Å²) >= 11 is 3.32. The van der Waals surface area contributed by atoms with E-state index in [1.807, 2.05) is 6.92 Å². The van der Waals surface area contributed by atoms with Gasteiger partial charge < -0.3 is 11.1 Å². The average molecular weight is 317 g/mol. The molecule has 0 aliphatic carbocycles. The minimum Gasteiger partial charge on any atom is -0.379 e. The lowest BCUT2D eigenvalue weighted by atomic mass is 10.0. The van der Waals surface area contributed by atoms with Crippen LogP contribution in [-0.4, -0.2) is 22.4 Å². The number of nitrogens with two attached hydrogens (primary N) is 1. The summed E-state index contributed by atoms with van der Waals surface area (Å²) in [5, 5.41) is 7.37. The minimum atomic E-state index is -0.122. The number of aryl methyl sites for hydroxylation is 1. The maximum absolute atomic E-state index is 11.9. The Hall–Kier alpha value is -0.880. The molecule has 1 heterocycles. The molecule has 0 aromatic carbocycles. The van der Waals surface area contributed by atoms with Gasteiger partial charge in [0.15, 0.2) is 0 Å². The largest absolute Gasteiger partial charge is 0.379 e. The lowest BCUT2D eigenvalue weighted by Crippen LogP contribution is -2.32. The summed E-state index contributed by atoms with van der Waals surface area (Å²) < 4.78 is 1.93. The molecule has 1 aromatic rings. The van der Waals surface area contributed by atoms with Crippen molar-refractivity contribution < 1.29 is 0 Å². The molecule has 0 aliphatic rings. The van der Waals surface area contributed by atoms with E-state index in [-0.39, 0.29) is 11.6 Å². The van der Waals surface area contributed by atoms with Crippen LogP contribution >= 0.6 is 15.9 Å². The van der Waals surface area contributed by atoms with Crippen LogP contribution in [-0.2, 0) is 6.54 Å². The topological polar surface area (TPSA) is 72.9 Å². The molecule has 102 valence electrons. The Labute approximate surface area is 116 Å². The van der Waals surface area contributed by atoms with Gasteiger partial charge in [-0.1, -0.05) is 13.8 Å². The highest BCUT2D eigenvalue weighted by molar-refractivity contribution is 9.10. The molecular weight excluding hydrogens is 296 g/mol. The Balaban J connectivity index is 2.90. The number of halogens is 1. The minimum absolute atomic E-state index is 0.122. The molecule has 0 aliphatic heterocycles. The molecule has 0 spiro atoms. The van der Waals surface area contributed by atoms with Gasteiger partial charge in [0.25, 0.3) is 5.56 Å². The zero-order chi connectivity index (χ0) is 13.7. The van der Waals surface area contributed by atoms with Gasteiger partial charge in [-0.25, -0.2) is 4.68 Å². The van der Waals surface area contributed by atoms with E-state index < -0.39 is 0 Å². The van der Waals surface area contributed by atoms with Gasteiger partial charge in [0, 0.05) is 19.1 Å². The van der Waals surface area contributed by atoms with E-state index >= 15 is 0 Å². The molecule has 0 saturated heterocycles. The number of aromatic nitrogens is 2. The van der Waals surface area contributed by atoms with E-state index in [4.69, 9.17) is 5.73 Å². The third-order valence-corrected chi connectivity index (χ3v) is 3.45. The van der Waals surface area contributed by atoms with Crippen molar-refractivity contribution in [2.24, 2.45) is 11.7 Å². The third-order valence-electron chi connectivity index (χ3n) is 2.68. The smallest absolute Gasteiger partial charge is 0.283 e. The van der Waals surface area contributed by atoms with Gasteiger partial charge in [-0.15, -0.1) is 0 Å². The summed E-state index contributed by atoms with van der Waals surface area (Å²) in [6.45, 7) is 7.26. The summed E-state index contributed by atoms with van der Waals surface area (Å²) in [7, 11) is 0. The highest BCUT2D eigenvalue weighted by Gasteiger charge is 2.13. The number of anilines is 1. The van der Waals surface area contributed by atoms with Gasteiger partial charge in [-0.2, -0.15) is 5.10 Å². The standard InChI is InChI=1S/C12H21BrN4O/c1-4-17-12(18)11(13)10(7-15-17)16-9(6-14)5-8(2)3/h7-9,16H,4-6,14H2,1-3H3. The molecule has 1 rings (SSSR count). The Morgan fingerprint density at radius 3 is 2.72 bits per heavy atom. The summed E-state index contributed by atoms with van der Waals surface area (Å²) in [5.74, 6) is 0.550. The van der Waals surface area contributed by atoms with Crippen molar-refractivity contribution in [2.45, 2.75) is 39.8 Å². The number of nitrogens with one attached hydrogen (secondary N) is 1. The molecule has 0 saturated carbocycles. The molecule has 5 nitrogen and oxygen atoms in total. The molecule has 6 heteroatoms. The first kappa shape index (κ1) is 15.2. The van der Waals surface area contributed by atoms with Gasteiger partial charge in [0.2, 0.25) is 0 Å². The van der Waals surface area contributed by atoms with Crippen molar-refractivity contribution in [3.05, 3.63) is 21.0 Å². The zero-order valence-corrected chi connectivity index (χ0v) is 12.7. The fourth-order valence-electron chi connectivity index (χ4n) is 1.79. The Morgan fingerprint density at radius 1 is 1.56 bits per heavy atom. The van der Waals surface area contributed by atoms with Gasteiger partial charge in [-0.3, -0.25) is 4.79 Å². The van der Waals surface area contributed by atoms with E-state index in [2.05, 4.69) is 40.2 Å². The number of nitrogens with zero attached hydrogens (tertiary/aromatic N) is 2. The number of hydrogen-bond donors (Lipinski definition) is 2. The molecule has 3 N–H and O–H groups in total. The first-order chi connectivity index (χ1) is 8.49. The summed E-state index contributed by atoms with van der Waals surface area (Å²) in [5.41, 5.74) is 6.32. The Kier molecular flexibility index (Phi) is 5.81. The van der Waals surface area contributed by atoms with E-state index in [0.717, 1.165) is 6.42 Å². The van der Waals surface area contributed by atoms with Crippen LogP contribution in [0.1, 0.15) is 27.2 Å². The molecule has 1 atom stereocenters. The summed E-state index contributed by atoms with van der Waals surface area (Å²) in [4.78, 5) is 11.9. The van der Waals surface area contributed by atoms with Crippen molar-refractivity contribution in [3.8, 4) is 0 Å². The lowest BCUT2D eigenvalue weighted by Gasteiger charge is -2.20. The molecule has 1 aromatic heterocycles. The highest BCUT2D eigenvalue weighted by Crippen LogP contribution is 2.18. The molecule has 0 amide bonds. The van der Waals surface area contributed by atoms with Crippen LogP contribution in [0.4, 0.5) is 5.69 Å². The summed E-state index contributed by atoms with van der Waals surface area (Å²) in [6.07, 6.45) is 2.62. The first-order valence-electron chi connectivity index (χ1n) is 6.21. The lowest BCUT2D eigenvalue weighted by molar-refractivity contribution is 0.520. The second-order valence-corrected chi connectivity index (χ2v) is 5.49. The van der Waals surface area contributed by atoms with Crippen LogP contribution in [0.25, 0.3) is 0 Å². The fourth-order valence-corrected chi connectivity index (χ4v) is 2.22. The molecular formula is C12H21BrN4O. The number of hydrogen-bond acceptors (Lipinski definition) is 4. The van der Waals surface area contributed by atoms with Crippen LogP contribution in [0.2, 0.25) is 0 Å². The monoisotopic (exact) mass is 316 g/mol.